The van der Waals surface area contributed by atoms with E-state index in [1.165, 1.54) is 6.42 Å². The molecular formula is C10H13O4. The van der Waals surface area contributed by atoms with Gasteiger partial charge in [-0.25, -0.2) is 14.7 Å². The molecule has 1 aliphatic carbocycles. The first-order chi connectivity index (χ1) is 6.68. The Morgan fingerprint density at radius 3 is 2.29 bits per heavy atom. The minimum absolute atomic E-state index is 0.0392. The zero-order valence-corrected chi connectivity index (χ0v) is 7.90. The van der Waals surface area contributed by atoms with Gasteiger partial charge < -0.3 is 4.74 Å². The molecule has 0 spiro atoms. The first-order valence-corrected chi connectivity index (χ1v) is 4.78. The van der Waals surface area contributed by atoms with E-state index in [0.717, 1.165) is 31.8 Å². The third-order valence-corrected chi connectivity index (χ3v) is 2.19. The predicted molar refractivity (Wildman–Crippen MR) is 47.8 cm³/mol. The fourth-order valence-electron chi connectivity index (χ4n) is 1.52. The van der Waals surface area contributed by atoms with E-state index in [1.807, 2.05) is 0 Å². The lowest BCUT2D eigenvalue weighted by Crippen LogP contribution is -2.19. The Morgan fingerprint density at radius 1 is 1.07 bits per heavy atom. The lowest BCUT2D eigenvalue weighted by Gasteiger charge is -2.20. The fraction of sp³-hybridized carbons (Fsp3) is 0.600. The maximum absolute atomic E-state index is 11.0. The lowest BCUT2D eigenvalue weighted by atomic mass is 9.98. The minimum atomic E-state index is -1.38. The van der Waals surface area contributed by atoms with E-state index in [2.05, 4.69) is 0 Å². The minimum Gasteiger partial charge on any atom is -0.459 e. The van der Waals surface area contributed by atoms with Gasteiger partial charge in [-0.05, 0) is 25.7 Å². The molecular weight excluding hydrogens is 184 g/mol. The highest BCUT2D eigenvalue weighted by atomic mass is 16.5. The maximum Gasteiger partial charge on any atom is 0.379 e. The van der Waals surface area contributed by atoms with E-state index < -0.39 is 11.9 Å². The van der Waals surface area contributed by atoms with Gasteiger partial charge in [0.25, 0.3) is 0 Å². The topological polar surface area (TPSA) is 63.3 Å². The molecule has 1 saturated carbocycles. The van der Waals surface area contributed by atoms with E-state index in [4.69, 9.17) is 4.74 Å². The van der Waals surface area contributed by atoms with Crippen molar-refractivity contribution < 1.29 is 19.4 Å². The normalized spacial score (nSPS) is 18.3. The molecule has 0 aromatic heterocycles. The summed E-state index contributed by atoms with van der Waals surface area (Å²) < 4.78 is 5.02. The van der Waals surface area contributed by atoms with Crippen molar-refractivity contribution >= 4 is 11.9 Å². The van der Waals surface area contributed by atoms with Gasteiger partial charge in [-0.3, -0.25) is 0 Å². The van der Waals surface area contributed by atoms with Crippen molar-refractivity contribution in [1.29, 1.82) is 0 Å². The van der Waals surface area contributed by atoms with E-state index >= 15 is 0 Å². The first-order valence-electron chi connectivity index (χ1n) is 4.78. The molecule has 0 aromatic rings. The Hall–Kier alpha value is -1.32. The van der Waals surface area contributed by atoms with Crippen LogP contribution in [-0.2, 0) is 19.4 Å². The number of carbonyl (C=O) groups excluding carboxylic acids is 2. The molecule has 0 atom stereocenters. The monoisotopic (exact) mass is 197 g/mol. The van der Waals surface area contributed by atoms with Crippen molar-refractivity contribution in [2.24, 2.45) is 0 Å². The predicted octanol–water partition coefficient (Wildman–Crippen LogP) is 1.38. The summed E-state index contributed by atoms with van der Waals surface area (Å²) in [4.78, 5) is 21.0. The Balaban J connectivity index is 2.28. The summed E-state index contributed by atoms with van der Waals surface area (Å²) in [6.45, 7) is 0. The molecule has 0 bridgehead atoms. The third kappa shape index (κ3) is 4.07. The number of esters is 1. The highest BCUT2D eigenvalue weighted by Crippen LogP contribution is 2.20. The van der Waals surface area contributed by atoms with Crippen molar-refractivity contribution in [3.05, 3.63) is 12.2 Å². The standard InChI is InChI=1S/C10H13O4/c11-9(12)6-7-10(13)14-8-4-2-1-3-5-8/h6-8H,1-5H2/b7-6-. The van der Waals surface area contributed by atoms with Gasteiger partial charge in [0, 0.05) is 12.2 Å². The van der Waals surface area contributed by atoms with Crippen molar-refractivity contribution in [2.75, 3.05) is 0 Å². The van der Waals surface area contributed by atoms with E-state index in [1.54, 1.807) is 0 Å². The van der Waals surface area contributed by atoms with Crippen molar-refractivity contribution in [1.82, 2.24) is 0 Å². The Bertz CT molecular complexity index is 239. The molecule has 0 N–H and O–H groups in total. The summed E-state index contributed by atoms with van der Waals surface area (Å²) in [6.07, 6.45) is 6.63. The van der Waals surface area contributed by atoms with Gasteiger partial charge in [0.1, 0.15) is 6.10 Å². The molecule has 0 aromatic carbocycles. The summed E-state index contributed by atoms with van der Waals surface area (Å²) in [6, 6.07) is 0. The fourth-order valence-corrected chi connectivity index (χ4v) is 1.52. The van der Waals surface area contributed by atoms with Crippen LogP contribution in [0.25, 0.3) is 0 Å². The summed E-state index contributed by atoms with van der Waals surface area (Å²) in [5.74, 6) is -1.98. The van der Waals surface area contributed by atoms with Crippen LogP contribution in [0.3, 0.4) is 0 Å². The zero-order valence-electron chi connectivity index (χ0n) is 7.90. The smallest absolute Gasteiger partial charge is 0.379 e. The summed E-state index contributed by atoms with van der Waals surface area (Å²) in [5, 5.41) is 9.99. The van der Waals surface area contributed by atoms with Gasteiger partial charge in [0.2, 0.25) is 0 Å². The number of hydrogen-bond donors (Lipinski definition) is 0. The molecule has 1 rings (SSSR count). The third-order valence-electron chi connectivity index (χ3n) is 2.19. The Kier molecular flexibility index (Phi) is 4.16. The summed E-state index contributed by atoms with van der Waals surface area (Å²) >= 11 is 0. The van der Waals surface area contributed by atoms with Crippen LogP contribution in [-0.4, -0.2) is 18.0 Å². The molecule has 1 radical (unpaired) electrons. The molecule has 0 amide bonds. The SMILES string of the molecule is [O]C(=O)/C=C\C(=O)OC1CCCCC1. The van der Waals surface area contributed by atoms with E-state index in [-0.39, 0.29) is 6.10 Å². The lowest BCUT2D eigenvalue weighted by molar-refractivity contribution is -0.145. The van der Waals surface area contributed by atoms with Gasteiger partial charge in [0.15, 0.2) is 0 Å². The van der Waals surface area contributed by atoms with Crippen LogP contribution in [0.2, 0.25) is 0 Å². The van der Waals surface area contributed by atoms with Crippen LogP contribution in [0.1, 0.15) is 32.1 Å². The van der Waals surface area contributed by atoms with Gasteiger partial charge in [-0.1, -0.05) is 6.42 Å². The van der Waals surface area contributed by atoms with Gasteiger partial charge >= 0.3 is 11.9 Å². The average molecular weight is 197 g/mol. The molecule has 77 valence electrons. The van der Waals surface area contributed by atoms with Gasteiger partial charge in [-0.15, -0.1) is 0 Å². The van der Waals surface area contributed by atoms with Crippen LogP contribution in [0.5, 0.6) is 0 Å². The van der Waals surface area contributed by atoms with Crippen LogP contribution < -0.4 is 0 Å². The number of ether oxygens (including phenoxy) is 1. The quantitative estimate of drug-likeness (QED) is 0.507. The second-order valence-electron chi connectivity index (χ2n) is 3.35. The molecule has 4 heteroatoms. The highest BCUT2D eigenvalue weighted by molar-refractivity contribution is 5.90. The molecule has 0 aliphatic heterocycles. The highest BCUT2D eigenvalue weighted by Gasteiger charge is 2.16. The van der Waals surface area contributed by atoms with Crippen molar-refractivity contribution in [2.45, 2.75) is 38.2 Å². The van der Waals surface area contributed by atoms with Crippen molar-refractivity contribution in [3.63, 3.8) is 0 Å². The van der Waals surface area contributed by atoms with Gasteiger partial charge in [0.05, 0.1) is 0 Å². The summed E-state index contributed by atoms with van der Waals surface area (Å²) in [5.41, 5.74) is 0. The Morgan fingerprint density at radius 2 is 1.71 bits per heavy atom. The molecule has 0 heterocycles. The molecule has 0 saturated heterocycles. The molecule has 14 heavy (non-hydrogen) atoms. The van der Waals surface area contributed by atoms with E-state index in [0.29, 0.717) is 6.08 Å². The number of carbonyl (C=O) groups is 2. The van der Waals surface area contributed by atoms with Crippen LogP contribution in [0, 0.1) is 0 Å². The maximum atomic E-state index is 11.0. The first kappa shape index (κ1) is 10.8. The van der Waals surface area contributed by atoms with Crippen LogP contribution >= 0.6 is 0 Å². The Labute approximate surface area is 82.6 Å². The molecule has 1 aliphatic rings. The van der Waals surface area contributed by atoms with Crippen LogP contribution in [0.15, 0.2) is 12.2 Å². The average Bonchev–Trinajstić information content (AvgIpc) is 2.16. The van der Waals surface area contributed by atoms with Gasteiger partial charge in [-0.2, -0.15) is 0 Å². The second-order valence-corrected chi connectivity index (χ2v) is 3.35. The molecule has 4 nitrogen and oxygen atoms in total. The second kappa shape index (κ2) is 5.42. The van der Waals surface area contributed by atoms with Crippen molar-refractivity contribution in [3.8, 4) is 0 Å². The molecule has 0 unspecified atom stereocenters. The number of rotatable bonds is 3. The molecule has 1 fully saturated rings. The van der Waals surface area contributed by atoms with E-state index in [9.17, 15) is 14.7 Å². The zero-order chi connectivity index (χ0) is 10.4. The largest absolute Gasteiger partial charge is 0.459 e. The van der Waals surface area contributed by atoms with Crippen LogP contribution in [0.4, 0.5) is 0 Å². The summed E-state index contributed by atoms with van der Waals surface area (Å²) in [7, 11) is 0. The number of hydrogen-bond acceptors (Lipinski definition) is 3.